The number of amides is 3. The van der Waals surface area contributed by atoms with E-state index in [9.17, 15) is 14.4 Å². The molecule has 3 rings (SSSR count). The first kappa shape index (κ1) is 26.2. The molecule has 4 atom stereocenters. The van der Waals surface area contributed by atoms with Crippen LogP contribution in [0.5, 0.6) is 0 Å². The SMILES string of the molecule is NC(=O)[C@H]1C=C[C@@H](NC(=O)[C@H](CC2CCCCC2)NC(=O)[C@@H](N)Cc2ccc(N=C(N)N)cc2)C1. The molecule has 1 fully saturated rings. The fourth-order valence-corrected chi connectivity index (χ4v) is 4.77. The van der Waals surface area contributed by atoms with Gasteiger partial charge in [-0.3, -0.25) is 14.4 Å². The minimum atomic E-state index is -0.823. The lowest BCUT2D eigenvalue weighted by Crippen LogP contribution is -2.54. The molecule has 0 unspecified atom stereocenters. The minimum Gasteiger partial charge on any atom is -0.370 e. The van der Waals surface area contributed by atoms with Gasteiger partial charge in [0, 0.05) is 6.04 Å². The van der Waals surface area contributed by atoms with Crippen molar-refractivity contribution in [3.8, 4) is 0 Å². The highest BCUT2D eigenvalue weighted by atomic mass is 16.2. The average molecular weight is 484 g/mol. The summed E-state index contributed by atoms with van der Waals surface area (Å²) in [5.74, 6) is -1.12. The van der Waals surface area contributed by atoms with Crippen LogP contribution in [-0.2, 0) is 20.8 Å². The summed E-state index contributed by atoms with van der Waals surface area (Å²) < 4.78 is 0. The average Bonchev–Trinajstić information content (AvgIpc) is 3.29. The van der Waals surface area contributed by atoms with Gasteiger partial charge in [-0.1, -0.05) is 56.4 Å². The van der Waals surface area contributed by atoms with Crippen LogP contribution in [-0.4, -0.2) is 41.8 Å². The van der Waals surface area contributed by atoms with Crippen LogP contribution in [0, 0.1) is 11.8 Å². The van der Waals surface area contributed by atoms with Crippen LogP contribution < -0.4 is 33.6 Å². The Bertz CT molecular complexity index is 950. The van der Waals surface area contributed by atoms with E-state index in [0.29, 0.717) is 30.9 Å². The molecule has 190 valence electrons. The van der Waals surface area contributed by atoms with Crippen molar-refractivity contribution >= 4 is 29.4 Å². The number of carbonyl (C=O) groups excluding carboxylic acids is 3. The van der Waals surface area contributed by atoms with Gasteiger partial charge in [-0.15, -0.1) is 0 Å². The fourth-order valence-electron chi connectivity index (χ4n) is 4.77. The van der Waals surface area contributed by atoms with E-state index in [1.165, 1.54) is 6.42 Å². The van der Waals surface area contributed by atoms with E-state index in [4.69, 9.17) is 22.9 Å². The van der Waals surface area contributed by atoms with Gasteiger partial charge in [0.2, 0.25) is 17.7 Å². The summed E-state index contributed by atoms with van der Waals surface area (Å²) >= 11 is 0. The van der Waals surface area contributed by atoms with Gasteiger partial charge in [0.15, 0.2) is 5.96 Å². The Morgan fingerprint density at radius 3 is 2.26 bits per heavy atom. The lowest BCUT2D eigenvalue weighted by Gasteiger charge is -2.28. The van der Waals surface area contributed by atoms with E-state index in [0.717, 1.165) is 31.2 Å². The summed E-state index contributed by atoms with van der Waals surface area (Å²) in [7, 11) is 0. The lowest BCUT2D eigenvalue weighted by atomic mass is 9.84. The van der Waals surface area contributed by atoms with Crippen molar-refractivity contribution in [3.63, 3.8) is 0 Å². The van der Waals surface area contributed by atoms with E-state index in [1.807, 2.05) is 12.1 Å². The Morgan fingerprint density at radius 1 is 0.971 bits per heavy atom. The first-order valence-electron chi connectivity index (χ1n) is 12.2. The molecule has 10 N–H and O–H groups in total. The molecule has 10 heteroatoms. The third-order valence-electron chi connectivity index (χ3n) is 6.69. The predicted octanol–water partition coefficient (Wildman–Crippen LogP) is 0.463. The van der Waals surface area contributed by atoms with Crippen LogP contribution in [0.15, 0.2) is 41.4 Å². The van der Waals surface area contributed by atoms with Crippen molar-refractivity contribution < 1.29 is 14.4 Å². The predicted molar refractivity (Wildman–Crippen MR) is 135 cm³/mol. The monoisotopic (exact) mass is 483 g/mol. The number of aliphatic imine (C=N–C) groups is 1. The van der Waals surface area contributed by atoms with Crippen LogP contribution in [0.4, 0.5) is 5.69 Å². The molecule has 2 aliphatic carbocycles. The molecular formula is C25H37N7O3. The van der Waals surface area contributed by atoms with E-state index in [2.05, 4.69) is 15.6 Å². The molecule has 10 nitrogen and oxygen atoms in total. The zero-order valence-corrected chi connectivity index (χ0v) is 20.0. The molecule has 1 saturated carbocycles. The Kier molecular flexibility index (Phi) is 9.25. The number of hydrogen-bond acceptors (Lipinski definition) is 5. The third-order valence-corrected chi connectivity index (χ3v) is 6.69. The van der Waals surface area contributed by atoms with Crippen LogP contribution in [0.2, 0.25) is 0 Å². The summed E-state index contributed by atoms with van der Waals surface area (Å²) in [5, 5.41) is 5.83. The maximum Gasteiger partial charge on any atom is 0.243 e. The number of hydrogen-bond donors (Lipinski definition) is 6. The summed E-state index contributed by atoms with van der Waals surface area (Å²) in [4.78, 5) is 41.5. The fraction of sp³-hybridized carbons (Fsp3) is 0.520. The van der Waals surface area contributed by atoms with E-state index in [1.54, 1.807) is 24.3 Å². The highest BCUT2D eigenvalue weighted by Crippen LogP contribution is 2.28. The van der Waals surface area contributed by atoms with Gasteiger partial charge < -0.3 is 33.6 Å². The number of benzene rings is 1. The first-order valence-corrected chi connectivity index (χ1v) is 12.2. The zero-order chi connectivity index (χ0) is 25.4. The van der Waals surface area contributed by atoms with Gasteiger partial charge in [-0.05, 0) is 42.9 Å². The molecule has 0 radical (unpaired) electrons. The Balaban J connectivity index is 1.61. The topological polar surface area (TPSA) is 192 Å². The molecule has 0 saturated heterocycles. The normalized spacial score (nSPS) is 21.6. The second kappa shape index (κ2) is 12.3. The second-order valence-corrected chi connectivity index (χ2v) is 9.56. The second-order valence-electron chi connectivity index (χ2n) is 9.56. The molecule has 0 aliphatic heterocycles. The summed E-state index contributed by atoms with van der Waals surface area (Å²) in [5.41, 5.74) is 23.8. The van der Waals surface area contributed by atoms with Gasteiger partial charge in [0.25, 0.3) is 0 Å². The van der Waals surface area contributed by atoms with Crippen molar-refractivity contribution in [1.29, 1.82) is 0 Å². The van der Waals surface area contributed by atoms with Crippen molar-refractivity contribution in [2.24, 2.45) is 39.8 Å². The van der Waals surface area contributed by atoms with Gasteiger partial charge in [0.1, 0.15) is 6.04 Å². The quantitative estimate of drug-likeness (QED) is 0.159. The van der Waals surface area contributed by atoms with Crippen LogP contribution >= 0.6 is 0 Å². The molecular weight excluding hydrogens is 446 g/mol. The Morgan fingerprint density at radius 2 is 1.66 bits per heavy atom. The highest BCUT2D eigenvalue weighted by Gasteiger charge is 2.30. The maximum absolute atomic E-state index is 13.1. The van der Waals surface area contributed by atoms with Gasteiger partial charge in [-0.2, -0.15) is 0 Å². The Labute approximate surface area is 206 Å². The number of rotatable bonds is 10. The zero-order valence-electron chi connectivity index (χ0n) is 20.0. The molecule has 3 amide bonds. The van der Waals surface area contributed by atoms with Gasteiger partial charge in [-0.25, -0.2) is 4.99 Å². The smallest absolute Gasteiger partial charge is 0.243 e. The molecule has 2 aliphatic rings. The number of nitrogens with one attached hydrogen (secondary N) is 2. The lowest BCUT2D eigenvalue weighted by molar-refractivity contribution is -0.130. The molecule has 35 heavy (non-hydrogen) atoms. The summed E-state index contributed by atoms with van der Waals surface area (Å²) in [6.45, 7) is 0. The van der Waals surface area contributed by atoms with Gasteiger partial charge >= 0.3 is 0 Å². The molecule has 0 heterocycles. The van der Waals surface area contributed by atoms with E-state index < -0.39 is 23.9 Å². The number of carbonyl (C=O) groups is 3. The number of guanidine groups is 1. The van der Waals surface area contributed by atoms with Crippen molar-refractivity contribution in [2.45, 2.75) is 69.5 Å². The maximum atomic E-state index is 13.1. The van der Waals surface area contributed by atoms with Crippen molar-refractivity contribution in [2.75, 3.05) is 0 Å². The van der Waals surface area contributed by atoms with E-state index in [-0.39, 0.29) is 23.8 Å². The first-order chi connectivity index (χ1) is 16.7. The minimum absolute atomic E-state index is 0.0330. The Hall–Kier alpha value is -3.40. The standard InChI is InChI=1S/C25H37N7O3/c26-20(12-16-6-9-18(10-7-16)31-25(28)29)23(34)32-21(13-15-4-2-1-3-5-15)24(35)30-19-11-8-17(14-19)22(27)33/h6-11,15,17,19-21H,1-5,12-14,26H2,(H2,27,33)(H,30,35)(H,32,34)(H4,28,29,31)/t17-,19+,20-,21-/m0/s1. The molecule has 0 aromatic heterocycles. The summed E-state index contributed by atoms with van der Waals surface area (Å²) in [6.07, 6.45) is 10.4. The molecule has 1 aromatic rings. The van der Waals surface area contributed by atoms with Crippen LogP contribution in [0.3, 0.4) is 0 Å². The van der Waals surface area contributed by atoms with Gasteiger partial charge in [0.05, 0.1) is 17.6 Å². The summed E-state index contributed by atoms with van der Waals surface area (Å²) in [6, 6.07) is 5.30. The van der Waals surface area contributed by atoms with Crippen LogP contribution in [0.25, 0.3) is 0 Å². The highest BCUT2D eigenvalue weighted by molar-refractivity contribution is 5.90. The van der Waals surface area contributed by atoms with E-state index >= 15 is 0 Å². The molecule has 0 bridgehead atoms. The van der Waals surface area contributed by atoms with Crippen LogP contribution in [0.1, 0.15) is 50.5 Å². The molecule has 1 aromatic carbocycles. The largest absolute Gasteiger partial charge is 0.370 e. The number of nitrogens with two attached hydrogens (primary N) is 4. The van der Waals surface area contributed by atoms with Crippen molar-refractivity contribution in [3.05, 3.63) is 42.0 Å². The number of nitrogens with zero attached hydrogens (tertiary/aromatic N) is 1. The van der Waals surface area contributed by atoms with Crippen molar-refractivity contribution in [1.82, 2.24) is 10.6 Å². The number of primary amides is 1. The molecule has 0 spiro atoms. The third kappa shape index (κ3) is 8.10.